The fourth-order valence-electron chi connectivity index (χ4n) is 6.13. The van der Waals surface area contributed by atoms with Gasteiger partial charge in [-0.05, 0) is 64.3 Å². The minimum Gasteiger partial charge on any atom is -0.462 e. The predicted molar refractivity (Wildman–Crippen MR) is 204 cm³/mol. The Morgan fingerprint density at radius 3 is 1.70 bits per heavy atom. The zero-order chi connectivity index (χ0) is 36.7. The predicted octanol–water partition coefficient (Wildman–Crippen LogP) is 6.53. The third-order valence-corrected chi connectivity index (χ3v) is 9.12. The van der Waals surface area contributed by atoms with Gasteiger partial charge in [0.05, 0.1) is 0 Å². The van der Waals surface area contributed by atoms with Crippen LogP contribution in [0.5, 0.6) is 0 Å². The van der Waals surface area contributed by atoms with Crippen LogP contribution in [0.15, 0.2) is 9.59 Å². The van der Waals surface area contributed by atoms with E-state index in [0.717, 1.165) is 64.6 Å². The summed E-state index contributed by atoms with van der Waals surface area (Å²) in [5.41, 5.74) is -0.222. The molecule has 0 amide bonds. The Kier molecular flexibility index (Phi) is 29.1. The summed E-state index contributed by atoms with van der Waals surface area (Å²) in [6, 6.07) is 0. The standard InChI is InChI=1S/C39H73N3O8/c1-4-6-8-10-12-14-21-33(22-15-13-11-9-7-5-2)50-35(45)24-17-30-49-32-20-28-42(27-19-31-48-29-16-23-34(43)44)26-18-25-41-37-36(40-3)38(46)39(37)47/h33-34,40-41,43-44H,4-32H2,1-3H3. The fourth-order valence-corrected chi connectivity index (χ4v) is 6.13. The average Bonchev–Trinajstić information content (AvgIpc) is 3.10. The molecular formula is C39H73N3O8. The Bertz CT molecular complexity index is 998. The van der Waals surface area contributed by atoms with Gasteiger partial charge in [-0.2, -0.15) is 0 Å². The van der Waals surface area contributed by atoms with E-state index < -0.39 is 17.1 Å². The topological polar surface area (TPSA) is 147 Å². The van der Waals surface area contributed by atoms with E-state index in [4.69, 9.17) is 24.4 Å². The van der Waals surface area contributed by atoms with Gasteiger partial charge in [0.1, 0.15) is 17.5 Å². The van der Waals surface area contributed by atoms with Crippen molar-refractivity contribution in [1.29, 1.82) is 0 Å². The Balaban J connectivity index is 2.36. The summed E-state index contributed by atoms with van der Waals surface area (Å²) in [7, 11) is 1.64. The summed E-state index contributed by atoms with van der Waals surface area (Å²) >= 11 is 0. The summed E-state index contributed by atoms with van der Waals surface area (Å²) in [6.45, 7) is 9.80. The summed E-state index contributed by atoms with van der Waals surface area (Å²) in [5.74, 6) is -0.101. The molecule has 1 aromatic rings. The van der Waals surface area contributed by atoms with Crippen LogP contribution in [0.4, 0.5) is 11.4 Å². The van der Waals surface area contributed by atoms with Gasteiger partial charge in [-0.1, -0.05) is 78.1 Å². The first-order valence-corrected chi connectivity index (χ1v) is 20.0. The molecule has 0 aliphatic carbocycles. The first kappa shape index (κ1) is 46.0. The molecule has 0 atom stereocenters. The van der Waals surface area contributed by atoms with Gasteiger partial charge in [-0.3, -0.25) is 14.4 Å². The highest BCUT2D eigenvalue weighted by Gasteiger charge is 2.19. The maximum atomic E-state index is 12.7. The number of unbranched alkanes of at least 4 members (excludes halogenated alkanes) is 10. The summed E-state index contributed by atoms with van der Waals surface area (Å²) in [4.78, 5) is 38.5. The molecule has 4 N–H and O–H groups in total. The van der Waals surface area contributed by atoms with Gasteiger partial charge in [-0.25, -0.2) is 0 Å². The lowest BCUT2D eigenvalue weighted by Crippen LogP contribution is -2.37. The van der Waals surface area contributed by atoms with Crippen LogP contribution in [0, 0.1) is 0 Å². The minimum atomic E-state index is -1.29. The molecule has 0 spiro atoms. The van der Waals surface area contributed by atoms with E-state index in [1.807, 2.05) is 0 Å². The van der Waals surface area contributed by atoms with Crippen LogP contribution < -0.4 is 21.5 Å². The Morgan fingerprint density at radius 2 is 1.14 bits per heavy atom. The van der Waals surface area contributed by atoms with Crippen LogP contribution in [-0.4, -0.2) is 93.1 Å². The van der Waals surface area contributed by atoms with E-state index in [2.05, 4.69) is 29.4 Å². The highest BCUT2D eigenvalue weighted by molar-refractivity contribution is 5.73. The second-order valence-corrected chi connectivity index (χ2v) is 13.7. The Labute approximate surface area is 302 Å². The van der Waals surface area contributed by atoms with Gasteiger partial charge < -0.3 is 40.0 Å². The van der Waals surface area contributed by atoms with Crippen LogP contribution in [0.2, 0.25) is 0 Å². The van der Waals surface area contributed by atoms with Gasteiger partial charge in [-0.15, -0.1) is 0 Å². The van der Waals surface area contributed by atoms with Crippen molar-refractivity contribution in [3.63, 3.8) is 0 Å². The zero-order valence-electron chi connectivity index (χ0n) is 32.0. The number of nitrogens with zero attached hydrogens (tertiary/aromatic N) is 1. The maximum Gasteiger partial charge on any atom is 0.306 e. The molecule has 0 radical (unpaired) electrons. The van der Waals surface area contributed by atoms with Gasteiger partial charge in [0.2, 0.25) is 0 Å². The highest BCUT2D eigenvalue weighted by atomic mass is 16.5. The smallest absolute Gasteiger partial charge is 0.306 e. The largest absolute Gasteiger partial charge is 0.462 e. The number of aliphatic hydroxyl groups excluding tert-OH is 1. The van der Waals surface area contributed by atoms with Gasteiger partial charge in [0.15, 0.2) is 6.29 Å². The number of carbonyl (C=O) groups excluding carboxylic acids is 1. The number of hydrogen-bond donors (Lipinski definition) is 4. The molecule has 0 fully saturated rings. The molecule has 50 heavy (non-hydrogen) atoms. The van der Waals surface area contributed by atoms with Crippen molar-refractivity contribution in [2.45, 2.75) is 161 Å². The lowest BCUT2D eigenvalue weighted by Gasteiger charge is -2.23. The second kappa shape index (κ2) is 31.7. The van der Waals surface area contributed by atoms with E-state index >= 15 is 0 Å². The number of aliphatic hydroxyl groups is 2. The summed E-state index contributed by atoms with van der Waals surface area (Å²) < 4.78 is 17.5. The second-order valence-electron chi connectivity index (χ2n) is 13.7. The van der Waals surface area contributed by atoms with Crippen molar-refractivity contribution in [2.24, 2.45) is 0 Å². The van der Waals surface area contributed by atoms with Crippen LogP contribution >= 0.6 is 0 Å². The third-order valence-electron chi connectivity index (χ3n) is 9.12. The molecule has 0 aromatic heterocycles. The molecule has 0 aliphatic rings. The van der Waals surface area contributed by atoms with E-state index in [9.17, 15) is 14.4 Å². The van der Waals surface area contributed by atoms with Crippen LogP contribution in [-0.2, 0) is 19.0 Å². The first-order valence-electron chi connectivity index (χ1n) is 20.0. The molecule has 1 rings (SSSR count). The van der Waals surface area contributed by atoms with E-state index in [1.165, 1.54) is 64.2 Å². The monoisotopic (exact) mass is 712 g/mol. The molecule has 0 aliphatic heterocycles. The van der Waals surface area contributed by atoms with Crippen molar-refractivity contribution in [3.8, 4) is 0 Å². The molecule has 0 bridgehead atoms. The van der Waals surface area contributed by atoms with Crippen LogP contribution in [0.3, 0.4) is 0 Å². The molecule has 0 unspecified atom stereocenters. The third kappa shape index (κ3) is 23.4. The van der Waals surface area contributed by atoms with E-state index in [1.54, 1.807) is 7.05 Å². The van der Waals surface area contributed by atoms with Crippen LogP contribution in [0.25, 0.3) is 0 Å². The molecule has 11 heteroatoms. The SMILES string of the molecule is CCCCCCCCC(CCCCCCCC)OC(=O)CCCOCCCN(CCCNc1c(NC)c(=O)c1=O)CCCOCCCC(O)O. The first-order chi connectivity index (χ1) is 24.3. The number of esters is 1. The number of hydrogen-bond acceptors (Lipinski definition) is 11. The molecule has 11 nitrogen and oxygen atoms in total. The molecule has 0 saturated carbocycles. The molecular weight excluding hydrogens is 638 g/mol. The number of ether oxygens (including phenoxy) is 3. The van der Waals surface area contributed by atoms with E-state index in [0.29, 0.717) is 70.0 Å². The molecule has 292 valence electrons. The summed E-state index contributed by atoms with van der Waals surface area (Å²) in [6.07, 6.45) is 20.1. The zero-order valence-corrected chi connectivity index (χ0v) is 32.0. The number of nitrogens with one attached hydrogen (secondary N) is 2. The van der Waals surface area contributed by atoms with Gasteiger partial charge in [0.25, 0.3) is 10.9 Å². The van der Waals surface area contributed by atoms with Crippen molar-refractivity contribution < 1.29 is 29.2 Å². The molecule has 0 heterocycles. The average molecular weight is 712 g/mol. The Morgan fingerprint density at radius 1 is 0.640 bits per heavy atom. The lowest BCUT2D eigenvalue weighted by molar-refractivity contribution is -0.150. The number of carbonyl (C=O) groups is 1. The number of anilines is 2. The van der Waals surface area contributed by atoms with Gasteiger partial charge in [0, 0.05) is 66.0 Å². The summed E-state index contributed by atoms with van der Waals surface area (Å²) in [5, 5.41) is 23.8. The molecule has 1 aromatic carbocycles. The lowest BCUT2D eigenvalue weighted by atomic mass is 10.0. The van der Waals surface area contributed by atoms with E-state index in [-0.39, 0.29) is 12.1 Å². The number of rotatable bonds is 37. The highest BCUT2D eigenvalue weighted by Crippen LogP contribution is 2.18. The maximum absolute atomic E-state index is 12.7. The van der Waals surface area contributed by atoms with Crippen molar-refractivity contribution in [2.75, 3.05) is 70.3 Å². The molecule has 0 saturated heterocycles. The Hall–Kier alpha value is -2.05. The minimum absolute atomic E-state index is 0.0413. The quantitative estimate of drug-likeness (QED) is 0.0259. The van der Waals surface area contributed by atoms with Gasteiger partial charge >= 0.3 is 5.97 Å². The van der Waals surface area contributed by atoms with Crippen LogP contribution in [0.1, 0.15) is 149 Å². The van der Waals surface area contributed by atoms with Crippen molar-refractivity contribution in [3.05, 3.63) is 20.4 Å². The van der Waals surface area contributed by atoms with Crippen molar-refractivity contribution >= 4 is 17.3 Å². The normalized spacial score (nSPS) is 11.8. The fraction of sp³-hybridized carbons (Fsp3) is 0.872. The van der Waals surface area contributed by atoms with Crippen molar-refractivity contribution in [1.82, 2.24) is 4.90 Å².